The maximum absolute atomic E-state index is 12.9. The van der Waals surface area contributed by atoms with Crippen LogP contribution in [0.1, 0.15) is 17.6 Å². The number of benzene rings is 2. The maximum atomic E-state index is 12.9. The predicted octanol–water partition coefficient (Wildman–Crippen LogP) is 5.96. The van der Waals surface area contributed by atoms with E-state index in [4.69, 9.17) is 11.6 Å². The molecular formula is C14H8ClF5. The zero-order chi connectivity index (χ0) is 14.9. The molecule has 0 radical (unpaired) electrons. The van der Waals surface area contributed by atoms with Crippen LogP contribution >= 0.6 is 11.6 Å². The van der Waals surface area contributed by atoms with Crippen molar-refractivity contribution in [2.24, 2.45) is 0 Å². The van der Waals surface area contributed by atoms with Gasteiger partial charge in [0.15, 0.2) is 0 Å². The van der Waals surface area contributed by atoms with E-state index in [-0.39, 0.29) is 16.1 Å². The van der Waals surface area contributed by atoms with Gasteiger partial charge in [-0.05, 0) is 11.6 Å². The number of alkyl halides is 5. The molecule has 0 saturated heterocycles. The summed E-state index contributed by atoms with van der Waals surface area (Å²) in [6, 6.07) is 8.37. The molecule has 0 atom stereocenters. The average Bonchev–Trinajstić information content (AvgIpc) is 2.37. The van der Waals surface area contributed by atoms with Crippen molar-refractivity contribution >= 4 is 11.6 Å². The van der Waals surface area contributed by atoms with Crippen LogP contribution < -0.4 is 0 Å². The smallest absolute Gasteiger partial charge is 0.205 e. The van der Waals surface area contributed by atoms with E-state index < -0.39 is 23.7 Å². The van der Waals surface area contributed by atoms with E-state index in [1.165, 1.54) is 30.3 Å². The molecular weight excluding hydrogens is 299 g/mol. The molecule has 0 aliphatic rings. The van der Waals surface area contributed by atoms with Gasteiger partial charge in [0.05, 0.1) is 10.6 Å². The molecule has 0 amide bonds. The van der Waals surface area contributed by atoms with Crippen LogP contribution in [0.3, 0.4) is 0 Å². The standard InChI is InChI=1S/C14H8ClF5/c15-12-9(5-3-6-10(12)13(16)17)8-4-1-2-7-11(8)14(18,19)20/h1-7,13H. The molecule has 106 valence electrons. The molecule has 0 saturated carbocycles. The van der Waals surface area contributed by atoms with Gasteiger partial charge in [0.25, 0.3) is 6.43 Å². The zero-order valence-corrected chi connectivity index (χ0v) is 10.6. The first-order valence-corrected chi connectivity index (χ1v) is 5.93. The van der Waals surface area contributed by atoms with Crippen molar-refractivity contribution in [3.63, 3.8) is 0 Å². The maximum Gasteiger partial charge on any atom is 0.417 e. The summed E-state index contributed by atoms with van der Waals surface area (Å²) in [4.78, 5) is 0. The Morgan fingerprint density at radius 2 is 1.45 bits per heavy atom. The Kier molecular flexibility index (Phi) is 3.99. The summed E-state index contributed by atoms with van der Waals surface area (Å²) >= 11 is 5.81. The van der Waals surface area contributed by atoms with Crippen molar-refractivity contribution < 1.29 is 22.0 Å². The molecule has 0 heterocycles. The van der Waals surface area contributed by atoms with Gasteiger partial charge >= 0.3 is 6.18 Å². The van der Waals surface area contributed by atoms with Crippen LogP contribution in [-0.2, 0) is 6.18 Å². The molecule has 20 heavy (non-hydrogen) atoms. The van der Waals surface area contributed by atoms with E-state index in [1.54, 1.807) is 0 Å². The van der Waals surface area contributed by atoms with Crippen LogP contribution in [0.5, 0.6) is 0 Å². The Hall–Kier alpha value is -1.62. The summed E-state index contributed by atoms with van der Waals surface area (Å²) in [5.41, 5.74) is -1.67. The van der Waals surface area contributed by atoms with E-state index in [0.29, 0.717) is 0 Å². The van der Waals surface area contributed by atoms with E-state index in [9.17, 15) is 22.0 Å². The SMILES string of the molecule is FC(F)c1cccc(-c2ccccc2C(F)(F)F)c1Cl. The third-order valence-electron chi connectivity index (χ3n) is 2.79. The molecule has 0 N–H and O–H groups in total. The lowest BCUT2D eigenvalue weighted by molar-refractivity contribution is -0.137. The highest BCUT2D eigenvalue weighted by molar-refractivity contribution is 6.34. The van der Waals surface area contributed by atoms with Gasteiger partial charge in [0, 0.05) is 11.1 Å². The van der Waals surface area contributed by atoms with Gasteiger partial charge in [-0.1, -0.05) is 48.0 Å². The minimum Gasteiger partial charge on any atom is -0.205 e. The van der Waals surface area contributed by atoms with Gasteiger partial charge < -0.3 is 0 Å². The van der Waals surface area contributed by atoms with Crippen molar-refractivity contribution in [3.8, 4) is 11.1 Å². The molecule has 0 nitrogen and oxygen atoms in total. The van der Waals surface area contributed by atoms with Crippen LogP contribution in [0, 0.1) is 0 Å². The normalized spacial score (nSPS) is 11.9. The second-order valence-corrected chi connectivity index (χ2v) is 4.43. The highest BCUT2D eigenvalue weighted by atomic mass is 35.5. The molecule has 0 bridgehead atoms. The minimum absolute atomic E-state index is 0.0580. The Labute approximate surface area is 116 Å². The van der Waals surface area contributed by atoms with Crippen molar-refractivity contribution in [2.75, 3.05) is 0 Å². The first kappa shape index (κ1) is 14.8. The first-order chi connectivity index (χ1) is 9.32. The number of hydrogen-bond acceptors (Lipinski definition) is 0. The van der Waals surface area contributed by atoms with Gasteiger partial charge in [0.1, 0.15) is 0 Å². The van der Waals surface area contributed by atoms with Crippen LogP contribution in [-0.4, -0.2) is 0 Å². The molecule has 0 unspecified atom stereocenters. The minimum atomic E-state index is -4.58. The van der Waals surface area contributed by atoms with Crippen LogP contribution in [0.25, 0.3) is 11.1 Å². The summed E-state index contributed by atoms with van der Waals surface area (Å²) < 4.78 is 64.3. The number of halogens is 6. The molecule has 0 fully saturated rings. The molecule has 0 spiro atoms. The Morgan fingerprint density at radius 3 is 2.05 bits per heavy atom. The summed E-state index contributed by atoms with van der Waals surface area (Å²) in [6.07, 6.45) is -7.43. The second kappa shape index (κ2) is 5.40. The lowest BCUT2D eigenvalue weighted by atomic mass is 9.97. The van der Waals surface area contributed by atoms with Crippen molar-refractivity contribution in [1.29, 1.82) is 0 Å². The Morgan fingerprint density at radius 1 is 0.850 bits per heavy atom. The largest absolute Gasteiger partial charge is 0.417 e. The first-order valence-electron chi connectivity index (χ1n) is 5.55. The van der Waals surface area contributed by atoms with Crippen LogP contribution in [0.2, 0.25) is 5.02 Å². The molecule has 6 heteroatoms. The van der Waals surface area contributed by atoms with Gasteiger partial charge in [-0.25, -0.2) is 8.78 Å². The van der Waals surface area contributed by atoms with Gasteiger partial charge in [-0.15, -0.1) is 0 Å². The number of rotatable bonds is 2. The molecule has 0 aliphatic heterocycles. The predicted molar refractivity (Wildman–Crippen MR) is 66.8 cm³/mol. The fourth-order valence-electron chi connectivity index (χ4n) is 1.89. The van der Waals surface area contributed by atoms with Crippen molar-refractivity contribution in [2.45, 2.75) is 12.6 Å². The monoisotopic (exact) mass is 306 g/mol. The zero-order valence-electron chi connectivity index (χ0n) is 9.89. The summed E-state index contributed by atoms with van der Waals surface area (Å²) in [7, 11) is 0. The molecule has 2 rings (SSSR count). The van der Waals surface area contributed by atoms with Crippen molar-refractivity contribution in [3.05, 3.63) is 58.6 Å². The lowest BCUT2D eigenvalue weighted by Gasteiger charge is -2.15. The molecule has 0 aromatic heterocycles. The number of hydrogen-bond donors (Lipinski definition) is 0. The molecule has 2 aromatic carbocycles. The van der Waals surface area contributed by atoms with E-state index in [2.05, 4.69) is 0 Å². The Balaban J connectivity index is 2.67. The fourth-order valence-corrected chi connectivity index (χ4v) is 2.20. The van der Waals surface area contributed by atoms with E-state index in [0.717, 1.165) is 12.1 Å². The van der Waals surface area contributed by atoms with Crippen LogP contribution in [0.15, 0.2) is 42.5 Å². The molecule has 0 aliphatic carbocycles. The lowest BCUT2D eigenvalue weighted by Crippen LogP contribution is -2.07. The third-order valence-corrected chi connectivity index (χ3v) is 3.21. The van der Waals surface area contributed by atoms with E-state index >= 15 is 0 Å². The van der Waals surface area contributed by atoms with Crippen LogP contribution in [0.4, 0.5) is 22.0 Å². The quantitative estimate of drug-likeness (QED) is 0.600. The highest BCUT2D eigenvalue weighted by Gasteiger charge is 2.34. The molecule has 2 aromatic rings. The Bertz CT molecular complexity index is 619. The topological polar surface area (TPSA) is 0 Å². The average molecular weight is 307 g/mol. The van der Waals surface area contributed by atoms with Crippen molar-refractivity contribution in [1.82, 2.24) is 0 Å². The summed E-state index contributed by atoms with van der Waals surface area (Å²) in [6.45, 7) is 0. The van der Waals surface area contributed by atoms with Gasteiger partial charge in [0.2, 0.25) is 0 Å². The highest BCUT2D eigenvalue weighted by Crippen LogP contribution is 2.41. The van der Waals surface area contributed by atoms with E-state index in [1.807, 2.05) is 0 Å². The van der Waals surface area contributed by atoms with Gasteiger partial charge in [-0.3, -0.25) is 0 Å². The fraction of sp³-hybridized carbons (Fsp3) is 0.143. The second-order valence-electron chi connectivity index (χ2n) is 4.05. The summed E-state index contributed by atoms with van der Waals surface area (Å²) in [5.74, 6) is 0. The summed E-state index contributed by atoms with van der Waals surface area (Å²) in [5, 5.41) is -0.362. The van der Waals surface area contributed by atoms with Gasteiger partial charge in [-0.2, -0.15) is 13.2 Å². The third kappa shape index (κ3) is 2.77.